The molecule has 1 saturated heterocycles. The highest BCUT2D eigenvalue weighted by Crippen LogP contribution is 2.39. The lowest BCUT2D eigenvalue weighted by molar-refractivity contribution is -0.122. The van der Waals surface area contributed by atoms with Crippen LogP contribution in [0.25, 0.3) is 6.08 Å². The minimum absolute atomic E-state index is 0.0109. The number of ether oxygens (including phenoxy) is 3. The first-order chi connectivity index (χ1) is 14.4. The van der Waals surface area contributed by atoms with Gasteiger partial charge in [0.15, 0.2) is 16.6 Å². The maximum atomic E-state index is 13.3. The van der Waals surface area contributed by atoms with E-state index < -0.39 is 11.8 Å². The van der Waals surface area contributed by atoms with Gasteiger partial charge < -0.3 is 14.2 Å². The Hall–Kier alpha value is -3.10. The smallest absolute Gasteiger partial charge is 0.270 e. The summed E-state index contributed by atoms with van der Waals surface area (Å²) in [5.74, 6) is 0.355. The van der Waals surface area contributed by atoms with E-state index in [2.05, 4.69) is 5.32 Å². The van der Waals surface area contributed by atoms with Crippen molar-refractivity contribution in [3.05, 3.63) is 52.1 Å². The van der Waals surface area contributed by atoms with Crippen LogP contribution in [0.4, 0.5) is 5.69 Å². The summed E-state index contributed by atoms with van der Waals surface area (Å²) >= 11 is 11.5. The van der Waals surface area contributed by atoms with E-state index in [1.807, 2.05) is 6.92 Å². The number of benzene rings is 2. The Bertz CT molecular complexity index is 1110. The van der Waals surface area contributed by atoms with Gasteiger partial charge in [-0.05, 0) is 55.9 Å². The van der Waals surface area contributed by atoms with E-state index in [0.29, 0.717) is 45.7 Å². The number of anilines is 1. The summed E-state index contributed by atoms with van der Waals surface area (Å²) in [5, 5.41) is 3.04. The molecule has 0 bridgehead atoms. The van der Waals surface area contributed by atoms with Crippen LogP contribution >= 0.6 is 23.8 Å². The Morgan fingerprint density at radius 1 is 1.27 bits per heavy atom. The van der Waals surface area contributed by atoms with Crippen LogP contribution in [-0.2, 0) is 9.59 Å². The molecule has 9 heteroatoms. The molecular weight excluding hydrogens is 428 g/mol. The molecule has 1 N–H and O–H groups in total. The monoisotopic (exact) mass is 444 g/mol. The second-order valence-corrected chi connectivity index (χ2v) is 7.31. The van der Waals surface area contributed by atoms with Gasteiger partial charge >= 0.3 is 0 Å². The molecule has 2 heterocycles. The Morgan fingerprint density at radius 2 is 2.00 bits per heavy atom. The summed E-state index contributed by atoms with van der Waals surface area (Å²) in [6.45, 7) is 4.10. The van der Waals surface area contributed by atoms with Gasteiger partial charge in [0.05, 0.1) is 12.3 Å². The van der Waals surface area contributed by atoms with E-state index >= 15 is 0 Å². The number of nitrogens with one attached hydrogen (secondary N) is 1. The fraction of sp³-hybridized carbons (Fsp3) is 0.190. The van der Waals surface area contributed by atoms with Crippen molar-refractivity contribution < 1.29 is 23.8 Å². The number of hydrogen-bond acceptors (Lipinski definition) is 6. The van der Waals surface area contributed by atoms with Gasteiger partial charge in [-0.2, -0.15) is 0 Å². The molecule has 4 rings (SSSR count). The Balaban J connectivity index is 1.80. The van der Waals surface area contributed by atoms with Gasteiger partial charge in [0.2, 0.25) is 6.79 Å². The third kappa shape index (κ3) is 3.48. The van der Waals surface area contributed by atoms with Gasteiger partial charge in [-0.15, -0.1) is 0 Å². The molecule has 154 valence electrons. The number of amides is 2. The second kappa shape index (κ2) is 7.97. The fourth-order valence-electron chi connectivity index (χ4n) is 3.20. The molecule has 7 nitrogen and oxygen atoms in total. The van der Waals surface area contributed by atoms with Gasteiger partial charge in [-0.3, -0.25) is 19.8 Å². The lowest BCUT2D eigenvalue weighted by atomic mass is 10.0. The van der Waals surface area contributed by atoms with Gasteiger partial charge in [0, 0.05) is 16.7 Å². The number of halogens is 1. The second-order valence-electron chi connectivity index (χ2n) is 6.52. The minimum atomic E-state index is -0.596. The van der Waals surface area contributed by atoms with Crippen molar-refractivity contribution in [3.8, 4) is 17.2 Å². The first-order valence-corrected chi connectivity index (χ1v) is 9.92. The van der Waals surface area contributed by atoms with Gasteiger partial charge in [-0.25, -0.2) is 0 Å². The zero-order valence-electron chi connectivity index (χ0n) is 16.2. The summed E-state index contributed by atoms with van der Waals surface area (Å²) in [5.41, 5.74) is 1.58. The van der Waals surface area contributed by atoms with Gasteiger partial charge in [0.1, 0.15) is 11.3 Å². The van der Waals surface area contributed by atoms with Crippen molar-refractivity contribution in [2.24, 2.45) is 0 Å². The highest BCUT2D eigenvalue weighted by Gasteiger charge is 2.35. The lowest BCUT2D eigenvalue weighted by Gasteiger charge is -2.30. The number of rotatable bonds is 4. The number of fused-ring (bicyclic) bond motifs is 1. The molecule has 2 aliphatic heterocycles. The third-order valence-electron chi connectivity index (χ3n) is 4.69. The normalized spacial score (nSPS) is 16.8. The van der Waals surface area contributed by atoms with Crippen LogP contribution in [-0.4, -0.2) is 30.3 Å². The van der Waals surface area contributed by atoms with Crippen LogP contribution in [0.5, 0.6) is 17.2 Å². The number of thiocarbonyl (C=S) groups is 1. The molecule has 1 fully saturated rings. The molecule has 2 aromatic rings. The van der Waals surface area contributed by atoms with E-state index in [1.165, 1.54) is 11.0 Å². The molecular formula is C21H17ClN2O5S. The van der Waals surface area contributed by atoms with Crippen LogP contribution in [0.2, 0.25) is 5.02 Å². The van der Waals surface area contributed by atoms with Crippen LogP contribution in [0.15, 0.2) is 35.9 Å². The summed E-state index contributed by atoms with van der Waals surface area (Å²) in [7, 11) is 0. The first-order valence-electron chi connectivity index (χ1n) is 9.13. The molecule has 0 atom stereocenters. The topological polar surface area (TPSA) is 77.1 Å². The molecule has 2 amide bonds. The number of carbonyl (C=O) groups is 2. The predicted molar refractivity (Wildman–Crippen MR) is 116 cm³/mol. The number of hydrogen-bond donors (Lipinski definition) is 1. The molecule has 2 aromatic carbocycles. The molecule has 0 saturated carbocycles. The van der Waals surface area contributed by atoms with Crippen LogP contribution in [0.1, 0.15) is 18.1 Å². The van der Waals surface area contributed by atoms with Crippen molar-refractivity contribution in [2.45, 2.75) is 13.8 Å². The van der Waals surface area contributed by atoms with Crippen LogP contribution in [0, 0.1) is 6.92 Å². The highest BCUT2D eigenvalue weighted by molar-refractivity contribution is 7.80. The standard InChI is InChI=1S/C21H17ClN2O5S/c1-3-27-16-9-18-17(28-10-29-18)8-12(16)7-13-19(25)23-21(30)24(20(13)26)15-6-4-5-14(22)11(15)2/h4-9H,3,10H2,1-2H3,(H,23,25,30)/b13-7+. The molecule has 0 aliphatic carbocycles. The van der Waals surface area contributed by atoms with Gasteiger partial charge in [0.25, 0.3) is 11.8 Å². The van der Waals surface area contributed by atoms with Crippen molar-refractivity contribution >= 4 is 52.5 Å². The average molecular weight is 445 g/mol. The summed E-state index contributed by atoms with van der Waals surface area (Å²) < 4.78 is 16.5. The summed E-state index contributed by atoms with van der Waals surface area (Å²) in [4.78, 5) is 27.2. The molecule has 0 radical (unpaired) electrons. The lowest BCUT2D eigenvalue weighted by Crippen LogP contribution is -2.54. The van der Waals surface area contributed by atoms with Crippen molar-refractivity contribution in [1.82, 2.24) is 5.32 Å². The maximum Gasteiger partial charge on any atom is 0.270 e. The van der Waals surface area contributed by atoms with E-state index in [1.54, 1.807) is 37.3 Å². The Morgan fingerprint density at radius 3 is 2.73 bits per heavy atom. The summed E-state index contributed by atoms with van der Waals surface area (Å²) in [6, 6.07) is 8.49. The zero-order valence-corrected chi connectivity index (χ0v) is 17.7. The van der Waals surface area contributed by atoms with Gasteiger partial charge in [-0.1, -0.05) is 17.7 Å². The molecule has 30 heavy (non-hydrogen) atoms. The van der Waals surface area contributed by atoms with Crippen molar-refractivity contribution in [3.63, 3.8) is 0 Å². The predicted octanol–water partition coefficient (Wildman–Crippen LogP) is 3.61. The van der Waals surface area contributed by atoms with Crippen LogP contribution in [0.3, 0.4) is 0 Å². The molecule has 2 aliphatic rings. The van der Waals surface area contributed by atoms with E-state index in [-0.39, 0.29) is 17.5 Å². The number of nitrogens with zero attached hydrogens (tertiary/aromatic N) is 1. The largest absolute Gasteiger partial charge is 0.493 e. The maximum absolute atomic E-state index is 13.3. The van der Waals surface area contributed by atoms with E-state index in [9.17, 15) is 9.59 Å². The summed E-state index contributed by atoms with van der Waals surface area (Å²) in [6.07, 6.45) is 1.46. The molecule has 0 spiro atoms. The average Bonchev–Trinajstić information content (AvgIpc) is 3.15. The van der Waals surface area contributed by atoms with Crippen molar-refractivity contribution in [1.29, 1.82) is 0 Å². The zero-order chi connectivity index (χ0) is 21.4. The van der Waals surface area contributed by atoms with E-state index in [4.69, 9.17) is 38.0 Å². The molecule has 0 unspecified atom stereocenters. The minimum Gasteiger partial charge on any atom is -0.493 e. The fourth-order valence-corrected chi connectivity index (χ4v) is 3.65. The quantitative estimate of drug-likeness (QED) is 0.441. The Labute approximate surface area is 183 Å². The molecule has 0 aromatic heterocycles. The SMILES string of the molecule is CCOc1cc2c(cc1/C=C1\C(=O)NC(=S)N(c3cccc(Cl)c3C)C1=O)OCO2. The first kappa shape index (κ1) is 20.2. The third-order valence-corrected chi connectivity index (χ3v) is 5.38. The van der Waals surface area contributed by atoms with E-state index in [0.717, 1.165) is 0 Å². The van der Waals surface area contributed by atoms with Crippen LogP contribution < -0.4 is 24.4 Å². The van der Waals surface area contributed by atoms with Crippen molar-refractivity contribution in [2.75, 3.05) is 18.3 Å². The highest BCUT2D eigenvalue weighted by atomic mass is 35.5. The Kier molecular flexibility index (Phi) is 5.36. The number of carbonyl (C=O) groups excluding carboxylic acids is 2.